The van der Waals surface area contributed by atoms with Crippen LogP contribution in [-0.4, -0.2) is 96.6 Å². The Balaban J connectivity index is 1.09. The van der Waals surface area contributed by atoms with E-state index < -0.39 is 17.3 Å². The number of carbonyl (C=O) groups excluding carboxylic acids is 3. The van der Waals surface area contributed by atoms with Gasteiger partial charge in [0.1, 0.15) is 11.4 Å². The predicted octanol–water partition coefficient (Wildman–Crippen LogP) is 4.61. The number of benzene rings is 1. The minimum Gasteiger partial charge on any atom is -0.444 e. The second-order valence-electron chi connectivity index (χ2n) is 13.0. The minimum atomic E-state index is -0.670. The zero-order chi connectivity index (χ0) is 31.9. The average Bonchev–Trinajstić information content (AvgIpc) is 3.53. The average molecular weight is 620 g/mol. The van der Waals surface area contributed by atoms with Gasteiger partial charge in [0.2, 0.25) is 5.89 Å². The molecule has 0 spiro atoms. The Morgan fingerprint density at radius 3 is 2.24 bits per heavy atom. The lowest BCUT2D eigenvalue weighted by molar-refractivity contribution is 0.0142. The first-order valence-electron chi connectivity index (χ1n) is 15.5. The second-order valence-corrected chi connectivity index (χ2v) is 13.0. The van der Waals surface area contributed by atoms with E-state index in [4.69, 9.17) is 9.26 Å². The summed E-state index contributed by atoms with van der Waals surface area (Å²) in [6.45, 7) is 9.15. The van der Waals surface area contributed by atoms with Crippen molar-refractivity contribution in [1.29, 1.82) is 0 Å². The number of nitrogens with zero attached hydrogens (tertiary/aromatic N) is 7. The molecule has 2 saturated heterocycles. The number of piperidine rings is 1. The highest BCUT2D eigenvalue weighted by molar-refractivity contribution is 5.95. The molecule has 3 amide bonds. The van der Waals surface area contributed by atoms with Crippen molar-refractivity contribution in [3.05, 3.63) is 59.3 Å². The fraction of sp³-hybridized carbons (Fsp3) is 0.531. The summed E-state index contributed by atoms with van der Waals surface area (Å²) < 4.78 is 26.0. The molecular formula is C32H38FN7O5. The van der Waals surface area contributed by atoms with E-state index >= 15 is 4.39 Å². The SMILES string of the molecule is Cc1noc(C2CCN(C(=O)c3ccc(-c4ncc(C(=O)N(C5CC5)C5CCN(C(=O)OC(C)(C)C)CC5)cn4)cc3F)C2)n1. The molecule has 0 radical (unpaired) electrons. The Hall–Kier alpha value is -4.42. The van der Waals surface area contributed by atoms with Crippen LogP contribution < -0.4 is 0 Å². The van der Waals surface area contributed by atoms with Crippen LogP contribution in [0.2, 0.25) is 0 Å². The Morgan fingerprint density at radius 2 is 1.64 bits per heavy atom. The highest BCUT2D eigenvalue weighted by Crippen LogP contribution is 2.34. The molecule has 1 aromatic carbocycles. The monoisotopic (exact) mass is 619 g/mol. The van der Waals surface area contributed by atoms with Crippen LogP contribution in [-0.2, 0) is 4.74 Å². The number of aromatic nitrogens is 4. The molecule has 1 atom stereocenters. The van der Waals surface area contributed by atoms with Crippen LogP contribution in [0.15, 0.2) is 35.1 Å². The lowest BCUT2D eigenvalue weighted by atomic mass is 10.0. The number of likely N-dealkylation sites (tertiary alicyclic amines) is 2. The van der Waals surface area contributed by atoms with Crippen molar-refractivity contribution in [3.63, 3.8) is 0 Å². The standard InChI is InChI=1S/C32H38FN7O5/c1-19-36-28(45-37-19)21-9-12-39(18-21)30(42)25-8-5-20(15-26(25)33)27-34-16-22(17-35-27)29(41)40(23-6-7-23)24-10-13-38(14-11-24)31(43)44-32(2,3)4/h5,8,15-17,21,23-24H,6-7,9-14,18H2,1-4H3. The van der Waals surface area contributed by atoms with Crippen molar-refractivity contribution in [2.24, 2.45) is 0 Å². The summed E-state index contributed by atoms with van der Waals surface area (Å²) in [5, 5.41) is 3.82. The zero-order valence-electron chi connectivity index (χ0n) is 26.0. The van der Waals surface area contributed by atoms with E-state index in [9.17, 15) is 14.4 Å². The topological polar surface area (TPSA) is 135 Å². The molecule has 238 valence electrons. The van der Waals surface area contributed by atoms with E-state index in [2.05, 4.69) is 20.1 Å². The highest BCUT2D eigenvalue weighted by Gasteiger charge is 2.40. The van der Waals surface area contributed by atoms with Crippen molar-refractivity contribution in [3.8, 4) is 11.4 Å². The van der Waals surface area contributed by atoms with Gasteiger partial charge in [-0.25, -0.2) is 19.2 Å². The van der Waals surface area contributed by atoms with Gasteiger partial charge in [0, 0.05) is 56.2 Å². The van der Waals surface area contributed by atoms with Gasteiger partial charge >= 0.3 is 6.09 Å². The maximum atomic E-state index is 15.2. The maximum absolute atomic E-state index is 15.2. The molecule has 45 heavy (non-hydrogen) atoms. The number of aryl methyl sites for hydroxylation is 1. The molecular weight excluding hydrogens is 581 g/mol. The number of amides is 3. The summed E-state index contributed by atoms with van der Waals surface area (Å²) >= 11 is 0. The van der Waals surface area contributed by atoms with Crippen LogP contribution in [0.25, 0.3) is 11.4 Å². The van der Waals surface area contributed by atoms with E-state index in [1.165, 1.54) is 24.5 Å². The molecule has 0 bridgehead atoms. The zero-order valence-corrected chi connectivity index (χ0v) is 26.0. The Bertz CT molecular complexity index is 1580. The van der Waals surface area contributed by atoms with Crippen LogP contribution >= 0.6 is 0 Å². The number of hydrogen-bond donors (Lipinski definition) is 0. The summed E-state index contributed by atoms with van der Waals surface area (Å²) in [6, 6.07) is 4.46. The summed E-state index contributed by atoms with van der Waals surface area (Å²) in [4.78, 5) is 57.4. The highest BCUT2D eigenvalue weighted by atomic mass is 19.1. The van der Waals surface area contributed by atoms with Gasteiger partial charge in [-0.05, 0) is 71.9 Å². The molecule has 3 aromatic rings. The number of rotatable bonds is 6. The van der Waals surface area contributed by atoms with Gasteiger partial charge in [-0.3, -0.25) is 9.59 Å². The molecule has 13 heteroatoms. The molecule has 1 saturated carbocycles. The molecule has 1 unspecified atom stereocenters. The predicted molar refractivity (Wildman–Crippen MR) is 160 cm³/mol. The fourth-order valence-corrected chi connectivity index (χ4v) is 6.00. The normalized spacial score (nSPS) is 19.1. The molecule has 0 N–H and O–H groups in total. The lowest BCUT2D eigenvalue weighted by Gasteiger charge is -2.39. The van der Waals surface area contributed by atoms with E-state index in [1.54, 1.807) is 22.8 Å². The molecule has 1 aliphatic carbocycles. The van der Waals surface area contributed by atoms with Crippen LogP contribution in [0.4, 0.5) is 9.18 Å². The molecule has 4 heterocycles. The van der Waals surface area contributed by atoms with Gasteiger partial charge in [0.25, 0.3) is 11.8 Å². The van der Waals surface area contributed by atoms with Crippen molar-refractivity contribution < 1.29 is 28.0 Å². The van der Waals surface area contributed by atoms with Gasteiger partial charge in [0.05, 0.1) is 17.0 Å². The third kappa shape index (κ3) is 6.81. The number of ether oxygens (including phenoxy) is 1. The molecule has 3 aliphatic rings. The van der Waals surface area contributed by atoms with Gasteiger partial charge in [-0.15, -0.1) is 0 Å². The number of halogens is 1. The van der Waals surface area contributed by atoms with Gasteiger partial charge in [-0.1, -0.05) is 11.2 Å². The lowest BCUT2D eigenvalue weighted by Crippen LogP contribution is -2.50. The summed E-state index contributed by atoms with van der Waals surface area (Å²) in [7, 11) is 0. The maximum Gasteiger partial charge on any atom is 0.410 e. The fourth-order valence-electron chi connectivity index (χ4n) is 6.00. The quantitative estimate of drug-likeness (QED) is 0.388. The number of hydrogen-bond acceptors (Lipinski definition) is 9. The van der Waals surface area contributed by atoms with Crippen LogP contribution in [0.3, 0.4) is 0 Å². The molecule has 6 rings (SSSR count). The van der Waals surface area contributed by atoms with Gasteiger partial charge in [0.15, 0.2) is 11.6 Å². The summed E-state index contributed by atoms with van der Waals surface area (Å²) in [6.07, 6.45) is 6.48. The van der Waals surface area contributed by atoms with Crippen molar-refractivity contribution in [2.45, 2.75) is 83.4 Å². The first-order chi connectivity index (χ1) is 21.5. The van der Waals surface area contributed by atoms with Crippen LogP contribution in [0, 0.1) is 12.7 Å². The van der Waals surface area contributed by atoms with E-state index in [0.717, 1.165) is 12.8 Å². The van der Waals surface area contributed by atoms with Crippen LogP contribution in [0.5, 0.6) is 0 Å². The Kier molecular flexibility index (Phi) is 8.27. The third-order valence-electron chi connectivity index (χ3n) is 8.41. The molecule has 12 nitrogen and oxygen atoms in total. The van der Waals surface area contributed by atoms with E-state index in [0.29, 0.717) is 68.3 Å². The minimum absolute atomic E-state index is 0.00422. The summed E-state index contributed by atoms with van der Waals surface area (Å²) in [5.41, 5.74) is 0.158. The third-order valence-corrected chi connectivity index (χ3v) is 8.41. The van der Waals surface area contributed by atoms with E-state index in [1.807, 2.05) is 25.7 Å². The molecule has 2 aromatic heterocycles. The molecule has 3 fully saturated rings. The van der Waals surface area contributed by atoms with Crippen molar-refractivity contribution >= 4 is 17.9 Å². The largest absolute Gasteiger partial charge is 0.444 e. The first-order valence-corrected chi connectivity index (χ1v) is 15.5. The smallest absolute Gasteiger partial charge is 0.410 e. The second kappa shape index (κ2) is 12.2. The van der Waals surface area contributed by atoms with Gasteiger partial charge < -0.3 is 24.0 Å². The first kappa shape index (κ1) is 30.6. The molecule has 2 aliphatic heterocycles. The summed E-state index contributed by atoms with van der Waals surface area (Å²) in [5.74, 6) is -0.0245. The van der Waals surface area contributed by atoms with Crippen LogP contribution in [0.1, 0.15) is 91.2 Å². The van der Waals surface area contributed by atoms with Gasteiger partial charge in [-0.2, -0.15) is 4.98 Å². The number of carbonyl (C=O) groups is 3. The Labute approximate surface area is 260 Å². The van der Waals surface area contributed by atoms with Crippen molar-refractivity contribution in [1.82, 2.24) is 34.8 Å². The van der Waals surface area contributed by atoms with E-state index in [-0.39, 0.29) is 41.4 Å². The Morgan fingerprint density at radius 1 is 0.978 bits per heavy atom. The van der Waals surface area contributed by atoms with Crippen molar-refractivity contribution in [2.75, 3.05) is 26.2 Å².